The van der Waals surface area contributed by atoms with E-state index in [1.165, 1.54) is 0 Å². The minimum atomic E-state index is -0.0289. The van der Waals surface area contributed by atoms with E-state index in [4.69, 9.17) is 10.5 Å². The lowest BCUT2D eigenvalue weighted by molar-refractivity contribution is -0.136. The second-order valence-corrected chi connectivity index (χ2v) is 5.13. The number of carbonyl (C=O) groups is 1. The number of nitrogens with two attached hydrogens (primary N) is 1. The Morgan fingerprint density at radius 3 is 2.31 bits per heavy atom. The summed E-state index contributed by atoms with van der Waals surface area (Å²) in [6.45, 7) is 8.59. The Bertz CT molecular complexity index is 255. The zero-order valence-electron chi connectivity index (χ0n) is 10.9. The third-order valence-electron chi connectivity index (χ3n) is 3.47. The highest BCUT2D eigenvalue weighted by molar-refractivity contribution is 5.79. The van der Waals surface area contributed by atoms with Crippen molar-refractivity contribution >= 4 is 5.91 Å². The van der Waals surface area contributed by atoms with Crippen LogP contribution in [0.5, 0.6) is 0 Å². The standard InChI is InChI=1S/C12H24N2O2/c1-7(13)6-14(5)12(15)11-8(2)9(3)16-10(11)4/h7-11H,6,13H2,1-5H3. The molecule has 4 nitrogen and oxygen atoms in total. The van der Waals surface area contributed by atoms with E-state index < -0.39 is 0 Å². The highest BCUT2D eigenvalue weighted by Gasteiger charge is 2.42. The molecule has 1 amide bonds. The first-order valence-corrected chi connectivity index (χ1v) is 6.00. The zero-order valence-corrected chi connectivity index (χ0v) is 10.9. The summed E-state index contributed by atoms with van der Waals surface area (Å²) in [6, 6.07) is 0.0132. The summed E-state index contributed by atoms with van der Waals surface area (Å²) in [4.78, 5) is 14.0. The molecule has 5 unspecified atom stereocenters. The molecule has 0 aromatic heterocycles. The molecule has 0 radical (unpaired) electrons. The molecule has 1 heterocycles. The first kappa shape index (κ1) is 13.5. The molecule has 0 aromatic rings. The van der Waals surface area contributed by atoms with Gasteiger partial charge in [0.2, 0.25) is 5.91 Å². The number of rotatable bonds is 3. The van der Waals surface area contributed by atoms with Gasteiger partial charge in [-0.15, -0.1) is 0 Å². The molecule has 5 atom stereocenters. The summed E-state index contributed by atoms with van der Waals surface area (Å²) in [5.41, 5.74) is 5.70. The van der Waals surface area contributed by atoms with E-state index in [0.29, 0.717) is 6.54 Å². The number of carbonyl (C=O) groups excluding carboxylic acids is 1. The Kier molecular flexibility index (Phi) is 4.33. The lowest BCUT2D eigenvalue weighted by Gasteiger charge is -2.26. The quantitative estimate of drug-likeness (QED) is 0.779. The molecule has 0 bridgehead atoms. The lowest BCUT2D eigenvalue weighted by Crippen LogP contribution is -2.43. The molecule has 4 heteroatoms. The first-order chi connectivity index (χ1) is 7.34. The largest absolute Gasteiger partial charge is 0.374 e. The SMILES string of the molecule is CC(N)CN(C)C(=O)C1C(C)OC(C)C1C. The molecule has 1 aliphatic rings. The fraction of sp³-hybridized carbons (Fsp3) is 0.917. The molecule has 2 N–H and O–H groups in total. The van der Waals surface area contributed by atoms with Crippen LogP contribution in [0.1, 0.15) is 27.7 Å². The van der Waals surface area contributed by atoms with Gasteiger partial charge in [-0.3, -0.25) is 4.79 Å². The summed E-state index contributed by atoms with van der Waals surface area (Å²) >= 11 is 0. The summed E-state index contributed by atoms with van der Waals surface area (Å²) in [5.74, 6) is 0.401. The van der Waals surface area contributed by atoms with Crippen molar-refractivity contribution in [1.82, 2.24) is 4.90 Å². The van der Waals surface area contributed by atoms with Gasteiger partial charge in [0.25, 0.3) is 0 Å². The van der Waals surface area contributed by atoms with E-state index in [1.54, 1.807) is 4.90 Å². The van der Waals surface area contributed by atoms with Crippen LogP contribution in [-0.2, 0) is 9.53 Å². The predicted molar refractivity (Wildman–Crippen MR) is 63.9 cm³/mol. The number of hydrogen-bond acceptors (Lipinski definition) is 3. The Hall–Kier alpha value is -0.610. The molecule has 0 aliphatic carbocycles. The zero-order chi connectivity index (χ0) is 12.5. The van der Waals surface area contributed by atoms with Crippen LogP contribution in [-0.4, -0.2) is 42.6 Å². The average molecular weight is 228 g/mol. The maximum absolute atomic E-state index is 12.2. The number of likely N-dealkylation sites (N-methyl/N-ethyl adjacent to an activating group) is 1. The van der Waals surface area contributed by atoms with Crippen molar-refractivity contribution in [2.24, 2.45) is 17.6 Å². The van der Waals surface area contributed by atoms with Crippen molar-refractivity contribution in [2.45, 2.75) is 45.9 Å². The second kappa shape index (κ2) is 5.15. The molecule has 94 valence electrons. The summed E-state index contributed by atoms with van der Waals surface area (Å²) < 4.78 is 5.68. The summed E-state index contributed by atoms with van der Waals surface area (Å²) in [7, 11) is 1.81. The minimum absolute atomic E-state index is 0.00744. The number of amides is 1. The van der Waals surface area contributed by atoms with Gasteiger partial charge in [-0.2, -0.15) is 0 Å². The van der Waals surface area contributed by atoms with Crippen LogP contribution < -0.4 is 5.73 Å². The van der Waals surface area contributed by atoms with Crippen LogP contribution in [0, 0.1) is 11.8 Å². The van der Waals surface area contributed by atoms with Crippen molar-refractivity contribution in [3.8, 4) is 0 Å². The smallest absolute Gasteiger partial charge is 0.228 e. The number of nitrogens with zero attached hydrogens (tertiary/aromatic N) is 1. The van der Waals surface area contributed by atoms with E-state index in [0.717, 1.165) is 0 Å². The van der Waals surface area contributed by atoms with Gasteiger partial charge in [0.15, 0.2) is 0 Å². The maximum atomic E-state index is 12.2. The molecule has 1 aliphatic heterocycles. The monoisotopic (exact) mass is 228 g/mol. The van der Waals surface area contributed by atoms with Gasteiger partial charge in [-0.25, -0.2) is 0 Å². The molecular weight excluding hydrogens is 204 g/mol. The summed E-state index contributed by atoms with van der Waals surface area (Å²) in [6.07, 6.45) is 0.167. The normalized spacial score (nSPS) is 36.1. The second-order valence-electron chi connectivity index (χ2n) is 5.13. The molecule has 0 aromatic carbocycles. The van der Waals surface area contributed by atoms with Crippen LogP contribution >= 0.6 is 0 Å². The van der Waals surface area contributed by atoms with Gasteiger partial charge in [0.1, 0.15) is 0 Å². The minimum Gasteiger partial charge on any atom is -0.374 e. The predicted octanol–water partition coefficient (Wildman–Crippen LogP) is 0.852. The Balaban J connectivity index is 2.66. The highest BCUT2D eigenvalue weighted by Crippen LogP contribution is 2.33. The van der Waals surface area contributed by atoms with E-state index in [-0.39, 0.29) is 36.0 Å². The van der Waals surface area contributed by atoms with Crippen molar-refractivity contribution in [2.75, 3.05) is 13.6 Å². The topological polar surface area (TPSA) is 55.6 Å². The molecule has 1 fully saturated rings. The van der Waals surface area contributed by atoms with Crippen molar-refractivity contribution in [3.05, 3.63) is 0 Å². The summed E-state index contributed by atoms with van der Waals surface area (Å²) in [5, 5.41) is 0. The molecular formula is C12H24N2O2. The van der Waals surface area contributed by atoms with Gasteiger partial charge >= 0.3 is 0 Å². The van der Waals surface area contributed by atoms with Crippen LogP contribution in [0.4, 0.5) is 0 Å². The fourth-order valence-electron chi connectivity index (χ4n) is 2.47. The molecule has 0 spiro atoms. The molecule has 16 heavy (non-hydrogen) atoms. The Morgan fingerprint density at radius 1 is 1.38 bits per heavy atom. The molecule has 0 saturated carbocycles. The van der Waals surface area contributed by atoms with E-state index in [1.807, 2.05) is 27.8 Å². The van der Waals surface area contributed by atoms with E-state index >= 15 is 0 Å². The highest BCUT2D eigenvalue weighted by atomic mass is 16.5. The fourth-order valence-corrected chi connectivity index (χ4v) is 2.47. The van der Waals surface area contributed by atoms with Gasteiger partial charge < -0.3 is 15.4 Å². The molecule has 1 rings (SSSR count). The van der Waals surface area contributed by atoms with Crippen LogP contribution in [0.2, 0.25) is 0 Å². The number of ether oxygens (including phenoxy) is 1. The van der Waals surface area contributed by atoms with Crippen LogP contribution in [0.15, 0.2) is 0 Å². The maximum Gasteiger partial charge on any atom is 0.228 e. The lowest BCUT2D eigenvalue weighted by atomic mass is 9.88. The van der Waals surface area contributed by atoms with Gasteiger partial charge in [-0.05, 0) is 26.7 Å². The Morgan fingerprint density at radius 2 is 1.94 bits per heavy atom. The van der Waals surface area contributed by atoms with Gasteiger partial charge in [0, 0.05) is 19.6 Å². The number of hydrogen-bond donors (Lipinski definition) is 1. The molecule has 1 saturated heterocycles. The van der Waals surface area contributed by atoms with Crippen molar-refractivity contribution in [3.63, 3.8) is 0 Å². The third kappa shape index (κ3) is 2.74. The van der Waals surface area contributed by atoms with E-state index in [9.17, 15) is 4.79 Å². The first-order valence-electron chi connectivity index (χ1n) is 6.00. The van der Waals surface area contributed by atoms with E-state index in [2.05, 4.69) is 6.92 Å². The van der Waals surface area contributed by atoms with Gasteiger partial charge in [-0.1, -0.05) is 6.92 Å². The van der Waals surface area contributed by atoms with Crippen molar-refractivity contribution in [1.29, 1.82) is 0 Å². The third-order valence-corrected chi connectivity index (χ3v) is 3.47. The van der Waals surface area contributed by atoms with Crippen LogP contribution in [0.3, 0.4) is 0 Å². The van der Waals surface area contributed by atoms with Crippen LogP contribution in [0.25, 0.3) is 0 Å². The van der Waals surface area contributed by atoms with Crippen molar-refractivity contribution < 1.29 is 9.53 Å². The van der Waals surface area contributed by atoms with Gasteiger partial charge in [0.05, 0.1) is 18.1 Å². The Labute approximate surface area is 98.1 Å². The average Bonchev–Trinajstić information content (AvgIpc) is 2.39.